The maximum atomic E-state index is 11.9. The van der Waals surface area contributed by atoms with E-state index in [-0.39, 0.29) is 0 Å². The molecule has 45 heteroatoms. The van der Waals surface area contributed by atoms with Gasteiger partial charge in [-0.05, 0) is 0 Å². The molecule has 31 saturated heterocycles. The molecule has 31 aliphatic heterocycles. The highest BCUT2D eigenvalue weighted by atomic mass is 16.8. The minimum Gasteiger partial charge on any atom is -0.394 e. The highest BCUT2D eigenvalue weighted by Gasteiger charge is 2.61. The average molecular weight is 1460 g/mol. The van der Waals surface area contributed by atoms with Crippen LogP contribution in [0, 0.1) is 0 Å². The van der Waals surface area contributed by atoms with Gasteiger partial charge in [-0.1, -0.05) is 0 Å². The minimum atomic E-state index is -2.40. The van der Waals surface area contributed by atoms with Gasteiger partial charge in [0.05, 0.1) is 59.5 Å². The van der Waals surface area contributed by atoms with Crippen molar-refractivity contribution in [1.82, 2.24) is 0 Å². The van der Waals surface area contributed by atoms with Gasteiger partial charge in [0.25, 0.3) is 0 Å². The van der Waals surface area contributed by atoms with Gasteiger partial charge in [-0.25, -0.2) is 0 Å². The fraction of sp³-hybridized carbons (Fsp3) is 1.00. The van der Waals surface area contributed by atoms with Crippen LogP contribution in [-0.4, -0.2) is 474 Å². The summed E-state index contributed by atoms with van der Waals surface area (Å²) in [6.45, 7) is -9.86. The fourth-order valence-electron chi connectivity index (χ4n) is 13.3. The summed E-state index contributed by atoms with van der Waals surface area (Å²) < 4.78 is 103. The van der Waals surface area contributed by atoms with Crippen molar-refractivity contribution in [3.63, 3.8) is 0 Å². The van der Waals surface area contributed by atoms with Crippen LogP contribution in [0.3, 0.4) is 0 Å². The molecule has 0 saturated carbocycles. The predicted molar refractivity (Wildman–Crippen MR) is 294 cm³/mol. The Labute approximate surface area is 558 Å². The maximum Gasteiger partial charge on any atom is 0.187 e. The van der Waals surface area contributed by atoms with E-state index in [0.717, 1.165) is 0 Å². The predicted octanol–water partition coefficient (Wildman–Crippen LogP) is -19.6. The lowest BCUT2D eigenvalue weighted by Gasteiger charge is -2.50. The Kier molecular flexibility index (Phi) is 27.4. The molecule has 27 N–H and O–H groups in total. The maximum absolute atomic E-state index is 11.9. The second-order valence-electron chi connectivity index (χ2n) is 25.3. The van der Waals surface area contributed by atoms with Crippen LogP contribution in [0.15, 0.2) is 0 Å². The topological polar surface area (TPSA) is 712 Å². The first-order chi connectivity index (χ1) is 47.1. The van der Waals surface area contributed by atoms with Crippen molar-refractivity contribution in [2.75, 3.05) is 59.5 Å². The highest BCUT2D eigenvalue weighted by molar-refractivity contribution is 5.03. The Balaban J connectivity index is 0.934. The summed E-state index contributed by atoms with van der Waals surface area (Å²) in [5.41, 5.74) is 0. The van der Waals surface area contributed by atoms with Crippen LogP contribution in [0.5, 0.6) is 0 Å². The van der Waals surface area contributed by atoms with Crippen molar-refractivity contribution < 1.29 is 223 Å². The van der Waals surface area contributed by atoms with Crippen molar-refractivity contribution in [2.24, 2.45) is 0 Å². The zero-order valence-electron chi connectivity index (χ0n) is 51.8. The lowest BCUT2D eigenvalue weighted by atomic mass is 9.94. The van der Waals surface area contributed by atoms with E-state index < -0.39 is 336 Å². The zero-order chi connectivity index (χ0) is 72.1. The summed E-state index contributed by atoms with van der Waals surface area (Å²) in [4.78, 5) is 0. The van der Waals surface area contributed by atoms with Gasteiger partial charge >= 0.3 is 0 Å². The number of aliphatic hydroxyl groups excluding tert-OH is 27. The molecule has 0 amide bonds. The van der Waals surface area contributed by atoms with E-state index in [0.29, 0.717) is 0 Å². The van der Waals surface area contributed by atoms with Gasteiger partial charge in [-0.15, -0.1) is 0 Å². The number of ether oxygens (including phenoxy) is 18. The fourth-order valence-corrected chi connectivity index (χ4v) is 13.3. The molecule has 0 spiro atoms. The van der Waals surface area contributed by atoms with Crippen molar-refractivity contribution in [3.8, 4) is 0 Å². The third kappa shape index (κ3) is 16.0. The Morgan fingerprint density at radius 3 is 0.515 bits per heavy atom. The van der Waals surface area contributed by atoms with Crippen LogP contribution in [0.25, 0.3) is 0 Å². The van der Waals surface area contributed by atoms with Crippen LogP contribution in [-0.2, 0) is 85.3 Å². The summed E-state index contributed by atoms with van der Waals surface area (Å²) in [5, 5.41) is 300. The zero-order valence-corrected chi connectivity index (χ0v) is 51.8. The van der Waals surface area contributed by atoms with Gasteiger partial charge in [0.1, 0.15) is 220 Å². The number of hydrogen-bond acceptors (Lipinski definition) is 45. The lowest BCUT2D eigenvalue weighted by Crippen LogP contribution is -2.69. The molecule has 0 unspecified atom stereocenters. The van der Waals surface area contributed by atoms with Crippen LogP contribution in [0.2, 0.25) is 0 Å². The van der Waals surface area contributed by atoms with Gasteiger partial charge < -0.3 is 223 Å². The third-order valence-corrected chi connectivity index (χ3v) is 19.0. The SMILES string of the molecule is OC[C@H]1O[C@H](OC[C@H]2O[C@@H]3O[C@H]4[C@H](O)[C@@H](O)[C@@H](O[C@H]5[C@H](O)[C@@H](O)[C@@H](O[C@H]6[C@H](O)[C@@H](O)[C@@H](O[C@H]7[C@H](O)[C@@H](O)[C@@H](O[C@H]8[C@H](O)[C@@H](O)[C@@H](O[C@H]9[C@H](O)[C@@H](O)[C@@H](O[C@H]%10[C@H](O)[C@@H](O)[C@@H](O[C@H]2[C@H](O)[C@H]3O)O[C@@H]%10CO)O[C@@H]9CO)O[C@@H]8CO)O[C@@H]7CO)O[C@@H]6CO)O[C@@H]5CO)O[C@@H]4CO)[C@H](O)[C@@H](O)[C@@H]1O. The summed E-state index contributed by atoms with van der Waals surface area (Å²) in [5.74, 6) is 0. The molecule has 45 atom stereocenters. The Bertz CT molecular complexity index is 2450. The molecule has 576 valence electrons. The Morgan fingerprint density at radius 2 is 0.333 bits per heavy atom. The van der Waals surface area contributed by atoms with Crippen molar-refractivity contribution >= 4 is 0 Å². The quantitative estimate of drug-likeness (QED) is 0.0913. The minimum absolute atomic E-state index is 0.941. The molecule has 31 heterocycles. The average Bonchev–Trinajstić information content (AvgIpc) is 0.777. The first kappa shape index (κ1) is 79.8. The molecule has 0 radical (unpaired) electrons. The van der Waals surface area contributed by atoms with Crippen molar-refractivity contribution in [1.29, 1.82) is 0 Å². The summed E-state index contributed by atoms with van der Waals surface area (Å²) in [7, 11) is 0. The second-order valence-corrected chi connectivity index (χ2v) is 25.3. The van der Waals surface area contributed by atoms with Crippen LogP contribution >= 0.6 is 0 Å². The molecule has 0 aromatic carbocycles. The van der Waals surface area contributed by atoms with Gasteiger partial charge in [0.15, 0.2) is 56.6 Å². The number of hydrogen-bond donors (Lipinski definition) is 27. The van der Waals surface area contributed by atoms with E-state index >= 15 is 0 Å². The summed E-state index contributed by atoms with van der Waals surface area (Å²) in [6.07, 6.45) is -94.5. The molecular formula is C54H90O45. The van der Waals surface area contributed by atoms with Crippen LogP contribution in [0.4, 0.5) is 0 Å². The van der Waals surface area contributed by atoms with E-state index in [1.165, 1.54) is 0 Å². The molecule has 0 aromatic heterocycles. The molecule has 16 bridgehead atoms. The van der Waals surface area contributed by atoms with Gasteiger partial charge in [0, 0.05) is 0 Å². The molecule has 0 aromatic rings. The molecule has 99 heavy (non-hydrogen) atoms. The second kappa shape index (κ2) is 34.0. The molecule has 45 nitrogen and oxygen atoms in total. The van der Waals surface area contributed by atoms with Crippen molar-refractivity contribution in [2.45, 2.75) is 276 Å². The molecular weight excluding hydrogens is 1370 g/mol. The smallest absolute Gasteiger partial charge is 0.187 e. The lowest BCUT2D eigenvalue weighted by molar-refractivity contribution is -0.405. The summed E-state index contributed by atoms with van der Waals surface area (Å²) >= 11 is 0. The van der Waals surface area contributed by atoms with Crippen LogP contribution in [0.1, 0.15) is 0 Å². The largest absolute Gasteiger partial charge is 0.394 e. The first-order valence-electron chi connectivity index (χ1n) is 31.6. The first-order valence-corrected chi connectivity index (χ1v) is 31.6. The standard InChI is InChI=1S/C54H90O45/c55-1-10-19(63)20(64)29(73)46(83-10)82-9-18-45-28(72)37(81)54(91-18)98-44-17(8-62)89-52(35(79)26(44)70)96-42-15(6-60)87-50(33(77)24(42)68)94-40-13(4-58)85-48(31(75)22(40)66)92-38-11(2-56)84-47(30(74)21(38)65)93-39-12(3-57)86-49(32(76)23(39)67)95-41-14(5-59)88-51(34(78)25(41)69)97-43-16(7-61)90-53(99-45)36(80)27(43)71/h10-81H,1-9H2/t10-,11-,12-,13-,14-,15-,16-,17-,18-,19-,20+,21-,22-,23-,24-,25-,26-,27-,28-,29-,30-,31-,32-,33-,34-,35-,36-,37-,38-,39-,40-,41-,42-,43-,44-,45-,46+,47-,48-,49-,50-,51-,52-,53-,54-/m1/s1. The Hall–Kier alpha value is -1.80. The molecule has 31 rings (SSSR count). The van der Waals surface area contributed by atoms with E-state index in [1.807, 2.05) is 0 Å². The third-order valence-electron chi connectivity index (χ3n) is 19.0. The van der Waals surface area contributed by atoms with Crippen molar-refractivity contribution in [3.05, 3.63) is 0 Å². The normalized spacial score (nSPS) is 55.2. The molecule has 0 aliphatic carbocycles. The number of rotatable bonds is 11. The van der Waals surface area contributed by atoms with Gasteiger partial charge in [-0.2, -0.15) is 0 Å². The monoisotopic (exact) mass is 1460 g/mol. The van der Waals surface area contributed by atoms with Gasteiger partial charge in [-0.3, -0.25) is 0 Å². The Morgan fingerprint density at radius 1 is 0.162 bits per heavy atom. The molecule has 31 fully saturated rings. The van der Waals surface area contributed by atoms with E-state index in [4.69, 9.17) is 85.3 Å². The van der Waals surface area contributed by atoms with Crippen LogP contribution < -0.4 is 0 Å². The van der Waals surface area contributed by atoms with E-state index in [1.54, 1.807) is 0 Å². The summed E-state index contributed by atoms with van der Waals surface area (Å²) in [6, 6.07) is 0. The highest BCUT2D eigenvalue weighted by Crippen LogP contribution is 2.40. The molecule has 31 aliphatic rings. The van der Waals surface area contributed by atoms with Gasteiger partial charge in [0.2, 0.25) is 0 Å². The van der Waals surface area contributed by atoms with E-state index in [9.17, 15) is 138 Å². The number of aliphatic hydroxyl groups is 27. The van der Waals surface area contributed by atoms with E-state index in [2.05, 4.69) is 0 Å².